The summed E-state index contributed by atoms with van der Waals surface area (Å²) >= 11 is 1.70. The van der Waals surface area contributed by atoms with Crippen LogP contribution in [0.15, 0.2) is 128 Å². The van der Waals surface area contributed by atoms with Crippen LogP contribution in [0.1, 0.15) is 25.6 Å². The lowest BCUT2D eigenvalue weighted by Gasteiger charge is -2.15. The summed E-state index contributed by atoms with van der Waals surface area (Å²) < 4.78 is 4.49. The van der Waals surface area contributed by atoms with E-state index >= 15 is 0 Å². The Labute approximate surface area is 299 Å². The van der Waals surface area contributed by atoms with E-state index in [-0.39, 0.29) is 0 Å². The molecule has 8 aromatic rings. The van der Waals surface area contributed by atoms with Crippen molar-refractivity contribution < 1.29 is 0 Å². The number of pyridine rings is 1. The summed E-state index contributed by atoms with van der Waals surface area (Å²) in [6.45, 7) is 2.04. The van der Waals surface area contributed by atoms with Crippen molar-refractivity contribution in [3.05, 3.63) is 143 Å². The van der Waals surface area contributed by atoms with Gasteiger partial charge in [0, 0.05) is 43.4 Å². The van der Waals surface area contributed by atoms with Crippen LogP contribution in [0.4, 0.5) is 0 Å². The van der Waals surface area contributed by atoms with Crippen molar-refractivity contribution in [1.82, 2.24) is 24.5 Å². The number of benzene rings is 4. The predicted molar refractivity (Wildman–Crippen MR) is 213 cm³/mol. The molecule has 0 atom stereocenters. The van der Waals surface area contributed by atoms with Crippen molar-refractivity contribution in [2.24, 2.45) is 0 Å². The van der Waals surface area contributed by atoms with Crippen LogP contribution in [0.25, 0.3) is 89.3 Å². The first-order valence-corrected chi connectivity index (χ1v) is 17.8. The fraction of sp³-hybridized carbons (Fsp3) is 0.0667. The first kappa shape index (κ1) is 30.6. The van der Waals surface area contributed by atoms with Gasteiger partial charge in [0.2, 0.25) is 0 Å². The summed E-state index contributed by atoms with van der Waals surface area (Å²) in [6.07, 6.45) is 19.9. The molecule has 0 fully saturated rings. The molecule has 1 aliphatic carbocycles. The Morgan fingerprint density at radius 3 is 2.22 bits per heavy atom. The van der Waals surface area contributed by atoms with Gasteiger partial charge in [0.25, 0.3) is 0 Å². The highest BCUT2D eigenvalue weighted by atomic mass is 32.1. The highest BCUT2D eigenvalue weighted by Gasteiger charge is 2.20. The van der Waals surface area contributed by atoms with Crippen molar-refractivity contribution in [2.75, 3.05) is 0 Å². The normalized spacial score (nSPS) is 13.7. The Balaban J connectivity index is 1.35. The van der Waals surface area contributed by atoms with Gasteiger partial charge in [-0.2, -0.15) is 0 Å². The van der Waals surface area contributed by atoms with E-state index in [1.54, 1.807) is 11.3 Å². The summed E-state index contributed by atoms with van der Waals surface area (Å²) in [6, 6.07) is 35.9. The lowest BCUT2D eigenvalue weighted by molar-refractivity contribution is 0.977. The van der Waals surface area contributed by atoms with Crippen molar-refractivity contribution in [3.8, 4) is 51.9 Å². The van der Waals surface area contributed by atoms with E-state index < -0.39 is 0 Å². The monoisotopic (exact) mass is 673 g/mol. The molecule has 0 spiro atoms. The Kier molecular flexibility index (Phi) is 7.68. The molecule has 0 bridgehead atoms. The molecule has 0 saturated heterocycles. The van der Waals surface area contributed by atoms with E-state index in [0.29, 0.717) is 17.5 Å². The van der Waals surface area contributed by atoms with Crippen molar-refractivity contribution in [1.29, 1.82) is 0 Å². The van der Waals surface area contributed by atoms with Gasteiger partial charge in [-0.1, -0.05) is 109 Å². The van der Waals surface area contributed by atoms with Gasteiger partial charge in [-0.05, 0) is 60.7 Å². The lowest BCUT2D eigenvalue weighted by Crippen LogP contribution is -2.18. The van der Waals surface area contributed by atoms with Gasteiger partial charge in [0.15, 0.2) is 17.5 Å². The zero-order valence-electron chi connectivity index (χ0n) is 27.9. The second-order valence-electron chi connectivity index (χ2n) is 12.5. The number of aromatic nitrogens is 5. The number of allylic oxidation sites excluding steroid dienone is 4. The van der Waals surface area contributed by atoms with Crippen molar-refractivity contribution >= 4 is 61.1 Å². The molecule has 0 saturated carbocycles. The van der Waals surface area contributed by atoms with Crippen LogP contribution in [-0.2, 0) is 0 Å². The summed E-state index contributed by atoms with van der Waals surface area (Å²) in [5.41, 5.74) is 9.22. The van der Waals surface area contributed by atoms with Gasteiger partial charge < -0.3 is 4.57 Å². The topological polar surface area (TPSA) is 56.5 Å². The molecule has 0 unspecified atom stereocenters. The predicted octanol–water partition coefficient (Wildman–Crippen LogP) is 9.53. The van der Waals surface area contributed by atoms with Crippen molar-refractivity contribution in [3.63, 3.8) is 0 Å². The third-order valence-corrected chi connectivity index (χ3v) is 10.6. The molecule has 0 amide bonds. The second-order valence-corrected chi connectivity index (χ2v) is 13.5. The summed E-state index contributed by atoms with van der Waals surface area (Å²) in [5.74, 6) is 4.72. The Hall–Kier alpha value is -6.42. The molecule has 0 radical (unpaired) electrons. The average Bonchev–Trinajstić information content (AvgIpc) is 3.73. The van der Waals surface area contributed by atoms with Crippen LogP contribution in [0.3, 0.4) is 0 Å². The first-order chi connectivity index (χ1) is 25.2. The molecular formula is C45H31N5S. The van der Waals surface area contributed by atoms with E-state index in [9.17, 15) is 0 Å². The number of hydrogen-bond donors (Lipinski definition) is 0. The van der Waals surface area contributed by atoms with Gasteiger partial charge in [-0.25, -0.2) is 15.0 Å². The molecule has 5 nitrogen and oxygen atoms in total. The SMILES string of the molecule is C#C/C=c1/sc2c(ncc3c2c2ccccc2n3-c2cc(-c3ccccc3)cc(-c3nc(C4=CC=CCC4)nc(-c4ccccc4)n3)c2)/c1=C/C. The molecule has 0 aliphatic heterocycles. The Bertz CT molecular complexity index is 2870. The minimum Gasteiger partial charge on any atom is -0.308 e. The summed E-state index contributed by atoms with van der Waals surface area (Å²) in [7, 11) is 0. The highest BCUT2D eigenvalue weighted by Crippen LogP contribution is 2.39. The second kappa shape index (κ2) is 12.8. The van der Waals surface area contributed by atoms with Crippen molar-refractivity contribution in [2.45, 2.75) is 19.8 Å². The van der Waals surface area contributed by atoms with E-state index in [2.05, 4.69) is 114 Å². The van der Waals surface area contributed by atoms with Gasteiger partial charge in [0.05, 0.1) is 27.4 Å². The highest BCUT2D eigenvalue weighted by molar-refractivity contribution is 7.18. The van der Waals surface area contributed by atoms with Crippen LogP contribution in [0.5, 0.6) is 0 Å². The number of fused-ring (bicyclic) bond motifs is 5. The Morgan fingerprint density at radius 1 is 0.765 bits per heavy atom. The van der Waals surface area contributed by atoms with E-state index in [1.807, 2.05) is 43.5 Å². The zero-order chi connectivity index (χ0) is 34.3. The number of terminal acetylenes is 1. The third kappa shape index (κ3) is 5.36. The van der Waals surface area contributed by atoms with Gasteiger partial charge in [-0.15, -0.1) is 17.8 Å². The zero-order valence-corrected chi connectivity index (χ0v) is 28.7. The largest absolute Gasteiger partial charge is 0.308 e. The minimum atomic E-state index is 0.630. The van der Waals surface area contributed by atoms with Gasteiger partial charge in [0.1, 0.15) is 0 Å². The number of thiophene rings is 1. The van der Waals surface area contributed by atoms with Crippen LogP contribution >= 0.6 is 11.3 Å². The van der Waals surface area contributed by atoms with Crippen LogP contribution in [0.2, 0.25) is 0 Å². The maximum absolute atomic E-state index is 5.75. The molecule has 4 aromatic carbocycles. The molecule has 4 heterocycles. The Morgan fingerprint density at radius 2 is 1.47 bits per heavy atom. The molecule has 9 rings (SSSR count). The van der Waals surface area contributed by atoms with Gasteiger partial charge in [-0.3, -0.25) is 4.98 Å². The number of rotatable bonds is 5. The first-order valence-electron chi connectivity index (χ1n) is 17.0. The molecule has 242 valence electrons. The number of nitrogens with zero attached hydrogens (tertiary/aromatic N) is 5. The standard InChI is InChI=1S/C45H31N5S/c1-3-16-39-35(4-2)41-42(51-39)40-36-23-14-15-24-37(36)50(38(40)28-46-41)34-26-32(29-17-8-5-9-18-29)25-33(27-34)45-48-43(30-19-10-6-11-20-30)47-44(49-45)31-21-12-7-13-22-31/h1,4-12,14-21,23-28H,13,22H2,2H3/b35-4+,39-16+. The lowest BCUT2D eigenvalue weighted by atomic mass is 10.0. The minimum absolute atomic E-state index is 0.630. The quantitative estimate of drug-likeness (QED) is 0.171. The van der Waals surface area contributed by atoms with Crippen LogP contribution in [0, 0.1) is 12.3 Å². The fourth-order valence-corrected chi connectivity index (χ4v) is 8.30. The van der Waals surface area contributed by atoms with Crippen LogP contribution in [-0.4, -0.2) is 24.5 Å². The van der Waals surface area contributed by atoms with E-state index in [1.165, 1.54) is 0 Å². The smallest absolute Gasteiger partial charge is 0.164 e. The molecule has 4 aromatic heterocycles. The average molecular weight is 674 g/mol. The van der Waals surface area contributed by atoms with E-state index in [4.69, 9.17) is 26.4 Å². The fourth-order valence-electron chi connectivity index (χ4n) is 7.06. The maximum atomic E-state index is 5.75. The third-order valence-electron chi connectivity index (χ3n) is 9.41. The summed E-state index contributed by atoms with van der Waals surface area (Å²) in [4.78, 5) is 20.3. The molecule has 0 N–H and O–H groups in total. The molecule has 51 heavy (non-hydrogen) atoms. The number of hydrogen-bond acceptors (Lipinski definition) is 5. The summed E-state index contributed by atoms with van der Waals surface area (Å²) in [5, 5.41) is 3.40. The molecule has 1 aliphatic rings. The molecule has 6 heteroatoms. The molecular weight excluding hydrogens is 643 g/mol. The maximum Gasteiger partial charge on any atom is 0.164 e. The number of para-hydroxylation sites is 1. The van der Waals surface area contributed by atoms with Crippen LogP contribution < -0.4 is 9.75 Å². The van der Waals surface area contributed by atoms with E-state index in [0.717, 1.165) is 88.1 Å². The van der Waals surface area contributed by atoms with Gasteiger partial charge >= 0.3 is 0 Å².